The number of H-pyrrole nitrogens is 1. The number of aromatic nitrogens is 1. The Kier molecular flexibility index (Phi) is 5.56. The summed E-state index contributed by atoms with van der Waals surface area (Å²) >= 11 is 0. The standard InChI is InChI=1S/C21H18FN5O4/c22-14-3-6-18-13(7-14)8-17(20(29)25-18)19(26-23)9-24-15-4-1-12(2-5-15)21(30)27-10-16(28)11-31-27/h1-9,16,23-24,28H,10-11H2,(H,25,29)/b19-9-,26-23?/t16-/m1/s1. The topological polar surface area (TPSA) is 131 Å². The predicted octanol–water partition coefficient (Wildman–Crippen LogP) is 2.86. The number of hydrogen-bond acceptors (Lipinski definition) is 7. The molecular weight excluding hydrogens is 405 g/mol. The fraction of sp³-hybridized carbons (Fsp3) is 0.143. The highest BCUT2D eigenvalue weighted by atomic mass is 19.1. The van der Waals surface area contributed by atoms with E-state index in [2.05, 4.69) is 15.4 Å². The molecule has 0 unspecified atom stereocenters. The van der Waals surface area contributed by atoms with Crippen LogP contribution in [0.5, 0.6) is 0 Å². The van der Waals surface area contributed by atoms with E-state index in [0.717, 1.165) is 5.06 Å². The van der Waals surface area contributed by atoms with Crippen LogP contribution in [0.15, 0.2) is 64.6 Å². The van der Waals surface area contributed by atoms with Crippen molar-refractivity contribution < 1.29 is 19.1 Å². The Morgan fingerprint density at radius 1 is 1.29 bits per heavy atom. The molecule has 4 rings (SSSR count). The van der Waals surface area contributed by atoms with Crippen molar-refractivity contribution in [2.24, 2.45) is 5.11 Å². The molecule has 1 aliphatic heterocycles. The van der Waals surface area contributed by atoms with Gasteiger partial charge in [-0.05, 0) is 48.5 Å². The number of aromatic amines is 1. The molecule has 0 spiro atoms. The number of hydroxylamine groups is 2. The molecule has 158 valence electrons. The van der Waals surface area contributed by atoms with Crippen LogP contribution in [-0.4, -0.2) is 40.3 Å². The summed E-state index contributed by atoms with van der Waals surface area (Å²) in [6, 6.07) is 11.9. The van der Waals surface area contributed by atoms with Crippen molar-refractivity contribution in [3.63, 3.8) is 0 Å². The molecule has 31 heavy (non-hydrogen) atoms. The number of carbonyl (C=O) groups excluding carboxylic acids is 1. The van der Waals surface area contributed by atoms with E-state index in [-0.39, 0.29) is 30.3 Å². The number of β-amino-alcohol motifs (C(OH)–C–C–N with tert-alkyl or cyclic N) is 1. The molecule has 4 N–H and O–H groups in total. The van der Waals surface area contributed by atoms with E-state index >= 15 is 0 Å². The lowest BCUT2D eigenvalue weighted by Crippen LogP contribution is -2.28. The number of rotatable bonds is 5. The lowest BCUT2D eigenvalue weighted by molar-refractivity contribution is -0.0779. The summed E-state index contributed by atoms with van der Waals surface area (Å²) in [5.41, 5.74) is 8.55. The number of amides is 1. The van der Waals surface area contributed by atoms with Crippen molar-refractivity contribution in [3.8, 4) is 0 Å². The van der Waals surface area contributed by atoms with Crippen LogP contribution in [0.1, 0.15) is 15.9 Å². The maximum Gasteiger partial charge on any atom is 0.277 e. The van der Waals surface area contributed by atoms with E-state index in [1.54, 1.807) is 24.3 Å². The molecule has 0 saturated carbocycles. The average Bonchev–Trinajstić information content (AvgIpc) is 3.21. The van der Waals surface area contributed by atoms with Gasteiger partial charge in [-0.3, -0.25) is 14.4 Å². The maximum absolute atomic E-state index is 13.5. The summed E-state index contributed by atoms with van der Waals surface area (Å²) in [7, 11) is 0. The van der Waals surface area contributed by atoms with E-state index in [0.29, 0.717) is 22.2 Å². The van der Waals surface area contributed by atoms with Crippen LogP contribution in [0.3, 0.4) is 0 Å². The third kappa shape index (κ3) is 4.34. The molecule has 1 aliphatic rings. The Morgan fingerprint density at radius 2 is 2.06 bits per heavy atom. The average molecular weight is 423 g/mol. The normalized spacial score (nSPS) is 16.5. The van der Waals surface area contributed by atoms with Gasteiger partial charge >= 0.3 is 0 Å². The molecule has 1 amide bonds. The van der Waals surface area contributed by atoms with Crippen molar-refractivity contribution >= 4 is 28.2 Å². The Labute approximate surface area is 175 Å². The van der Waals surface area contributed by atoms with Crippen molar-refractivity contribution in [2.45, 2.75) is 6.10 Å². The van der Waals surface area contributed by atoms with Gasteiger partial charge in [0.25, 0.3) is 11.5 Å². The van der Waals surface area contributed by atoms with Gasteiger partial charge in [0.2, 0.25) is 0 Å². The van der Waals surface area contributed by atoms with Gasteiger partial charge in [-0.15, -0.1) is 0 Å². The highest BCUT2D eigenvalue weighted by Gasteiger charge is 2.26. The number of anilines is 1. The predicted molar refractivity (Wildman–Crippen MR) is 111 cm³/mol. The second kappa shape index (κ2) is 8.46. The molecule has 3 aromatic rings. The molecule has 0 radical (unpaired) electrons. The third-order valence-electron chi connectivity index (χ3n) is 4.74. The fourth-order valence-corrected chi connectivity index (χ4v) is 3.16. The van der Waals surface area contributed by atoms with Crippen LogP contribution < -0.4 is 10.9 Å². The number of aliphatic hydroxyl groups is 1. The fourth-order valence-electron chi connectivity index (χ4n) is 3.16. The van der Waals surface area contributed by atoms with Gasteiger partial charge in [0.05, 0.1) is 12.1 Å². The number of aliphatic hydroxyl groups excluding tert-OH is 1. The van der Waals surface area contributed by atoms with E-state index in [1.807, 2.05) is 0 Å². The Morgan fingerprint density at radius 3 is 2.74 bits per heavy atom. The summed E-state index contributed by atoms with van der Waals surface area (Å²) in [4.78, 5) is 32.5. The number of carbonyl (C=O) groups is 1. The molecule has 9 nitrogen and oxygen atoms in total. The highest BCUT2D eigenvalue weighted by molar-refractivity contribution is 5.94. The van der Waals surface area contributed by atoms with Crippen LogP contribution >= 0.6 is 0 Å². The van der Waals surface area contributed by atoms with Crippen molar-refractivity contribution in [2.75, 3.05) is 18.5 Å². The number of fused-ring (bicyclic) bond motifs is 1. The van der Waals surface area contributed by atoms with Crippen molar-refractivity contribution in [1.29, 1.82) is 5.53 Å². The lowest BCUT2D eigenvalue weighted by Gasteiger charge is -2.13. The van der Waals surface area contributed by atoms with E-state index in [1.165, 1.54) is 30.5 Å². The van der Waals surface area contributed by atoms with Crippen LogP contribution in [0.4, 0.5) is 10.1 Å². The summed E-state index contributed by atoms with van der Waals surface area (Å²) in [6.45, 7) is 0.191. The van der Waals surface area contributed by atoms with Gasteiger partial charge in [-0.2, -0.15) is 5.11 Å². The second-order valence-electron chi connectivity index (χ2n) is 6.92. The summed E-state index contributed by atoms with van der Waals surface area (Å²) in [6.07, 6.45) is 0.677. The van der Waals surface area contributed by atoms with Crippen molar-refractivity contribution in [3.05, 3.63) is 82.0 Å². The minimum Gasteiger partial charge on any atom is -0.389 e. The lowest BCUT2D eigenvalue weighted by atomic mass is 10.1. The number of benzene rings is 2. The first-order chi connectivity index (χ1) is 14.9. The minimum absolute atomic E-state index is 0.0482. The SMILES string of the molecule is N=N/C(=C\Nc1ccc(C(=O)N2C[C@@H](O)CO2)cc1)c1cc2cc(F)ccc2[nH]c1=O. The highest BCUT2D eigenvalue weighted by Crippen LogP contribution is 2.20. The molecule has 1 atom stereocenters. The number of pyridine rings is 1. The number of hydrogen-bond donors (Lipinski definition) is 4. The largest absolute Gasteiger partial charge is 0.389 e. The molecule has 0 aliphatic carbocycles. The van der Waals surface area contributed by atoms with Crippen LogP contribution in [-0.2, 0) is 4.84 Å². The van der Waals surface area contributed by atoms with Gasteiger partial charge in [-0.1, -0.05) is 0 Å². The monoisotopic (exact) mass is 423 g/mol. The van der Waals surface area contributed by atoms with Crippen molar-refractivity contribution in [1.82, 2.24) is 10.0 Å². The number of nitrogens with zero attached hydrogens (tertiary/aromatic N) is 2. The Hall–Kier alpha value is -3.89. The van der Waals surface area contributed by atoms with Gasteiger partial charge in [0.15, 0.2) is 0 Å². The summed E-state index contributed by atoms with van der Waals surface area (Å²) in [5.74, 6) is -0.809. The first-order valence-corrected chi connectivity index (χ1v) is 9.34. The summed E-state index contributed by atoms with van der Waals surface area (Å²) in [5, 5.41) is 17.4. The molecular formula is C21H18FN5O4. The first-order valence-electron chi connectivity index (χ1n) is 9.34. The van der Waals surface area contributed by atoms with Gasteiger partial charge in [-0.25, -0.2) is 15.0 Å². The Bertz CT molecular complexity index is 1240. The minimum atomic E-state index is -0.697. The zero-order valence-electron chi connectivity index (χ0n) is 16.1. The van der Waals surface area contributed by atoms with Crippen LogP contribution in [0.2, 0.25) is 0 Å². The van der Waals surface area contributed by atoms with Gasteiger partial charge in [0.1, 0.15) is 24.2 Å². The van der Waals surface area contributed by atoms with Crippen LogP contribution in [0.25, 0.3) is 16.6 Å². The quantitative estimate of drug-likeness (QED) is 0.469. The van der Waals surface area contributed by atoms with E-state index in [9.17, 15) is 19.1 Å². The smallest absolute Gasteiger partial charge is 0.277 e. The third-order valence-corrected chi connectivity index (χ3v) is 4.74. The molecule has 2 aromatic carbocycles. The number of nitrogens with one attached hydrogen (secondary N) is 3. The second-order valence-corrected chi connectivity index (χ2v) is 6.92. The Balaban J connectivity index is 1.53. The summed E-state index contributed by atoms with van der Waals surface area (Å²) < 4.78 is 13.5. The van der Waals surface area contributed by atoms with Crippen LogP contribution in [0, 0.1) is 11.3 Å². The molecule has 1 saturated heterocycles. The number of halogens is 1. The molecule has 2 heterocycles. The zero-order valence-corrected chi connectivity index (χ0v) is 16.1. The van der Waals surface area contributed by atoms with E-state index < -0.39 is 17.5 Å². The van der Waals surface area contributed by atoms with E-state index in [4.69, 9.17) is 10.4 Å². The van der Waals surface area contributed by atoms with Gasteiger partial charge in [0, 0.05) is 28.4 Å². The molecule has 10 heteroatoms. The maximum atomic E-state index is 13.5. The zero-order chi connectivity index (χ0) is 22.0. The van der Waals surface area contributed by atoms with Gasteiger partial charge < -0.3 is 15.4 Å². The first kappa shape index (κ1) is 20.4. The molecule has 1 fully saturated rings. The molecule has 1 aromatic heterocycles. The molecule has 0 bridgehead atoms.